The van der Waals surface area contributed by atoms with Gasteiger partial charge in [-0.05, 0) is 61.9 Å². The minimum atomic E-state index is -0.648. The first-order valence-electron chi connectivity index (χ1n) is 12.7. The fraction of sp³-hybridized carbons (Fsp3) is 0.552. The highest BCUT2D eigenvalue weighted by molar-refractivity contribution is 5.88. The van der Waals surface area contributed by atoms with Gasteiger partial charge in [-0.3, -0.25) is 4.79 Å². The Kier molecular flexibility index (Phi) is 6.43. The number of carbonyl (C=O) groups is 1. The van der Waals surface area contributed by atoms with Crippen molar-refractivity contribution in [1.29, 1.82) is 0 Å². The minimum Gasteiger partial charge on any atom is -0.490 e. The van der Waals surface area contributed by atoms with E-state index in [0.29, 0.717) is 19.0 Å². The lowest BCUT2D eigenvalue weighted by molar-refractivity contribution is -0.146. The molecule has 0 amide bonds. The summed E-state index contributed by atoms with van der Waals surface area (Å²) in [5, 5.41) is 12.8. The number of esters is 1. The number of carbonyl (C=O) groups excluding carboxylic acids is 1. The zero-order valence-corrected chi connectivity index (χ0v) is 20.4. The van der Waals surface area contributed by atoms with E-state index in [0.717, 1.165) is 35.8 Å². The molecule has 2 aromatic carbocycles. The summed E-state index contributed by atoms with van der Waals surface area (Å²) in [6.45, 7) is 7.99. The average Bonchev–Trinajstić information content (AvgIpc) is 3.09. The fourth-order valence-electron chi connectivity index (χ4n) is 6.80. The Balaban J connectivity index is 1.17. The summed E-state index contributed by atoms with van der Waals surface area (Å²) in [5.41, 5.74) is 1.58. The third-order valence-corrected chi connectivity index (χ3v) is 8.53. The molecule has 182 valence electrons. The highest BCUT2D eigenvalue weighted by Crippen LogP contribution is 2.56. The van der Waals surface area contributed by atoms with Crippen molar-refractivity contribution >= 4 is 16.7 Å². The molecule has 34 heavy (non-hydrogen) atoms. The Morgan fingerprint density at radius 1 is 1.26 bits per heavy atom. The number of nitrogens with zero attached hydrogens (tertiary/aromatic N) is 1. The quantitative estimate of drug-likeness (QED) is 0.471. The normalized spacial score (nSPS) is 31.8. The van der Waals surface area contributed by atoms with E-state index in [2.05, 4.69) is 30.5 Å². The Bertz CT molecular complexity index is 1060. The summed E-state index contributed by atoms with van der Waals surface area (Å²) in [5.74, 6) is 1.30. The van der Waals surface area contributed by atoms with Gasteiger partial charge in [-0.2, -0.15) is 0 Å². The SMILES string of the molecule is C=C1CCC[C@]2(C)C[C@H]3OC(=O)[C@H](CN(C)C[C@H](O)COc4cccc5ccccc45)[C@@H]3C[C@@H]12. The van der Waals surface area contributed by atoms with Crippen LogP contribution in [0.4, 0.5) is 0 Å². The molecule has 2 aliphatic carbocycles. The molecule has 0 aromatic heterocycles. The summed E-state index contributed by atoms with van der Waals surface area (Å²) >= 11 is 0. The molecule has 2 aromatic rings. The standard InChI is InChI=1S/C29H37NO4/c1-19-8-7-13-29(2)15-27-23(14-25(19)29)24(28(32)34-27)17-30(3)16-21(31)18-33-26-12-6-10-20-9-4-5-11-22(20)26/h4-6,9-12,21,23-25,27,31H,1,7-8,13-18H2,2-3H3/t21-,23-,24+,25-,27+,29+/m0/s1. The number of allylic oxidation sites excluding steroid dienone is 1. The van der Waals surface area contributed by atoms with Crippen molar-refractivity contribution in [2.75, 3.05) is 26.7 Å². The van der Waals surface area contributed by atoms with Gasteiger partial charge in [0.1, 0.15) is 24.6 Å². The zero-order valence-electron chi connectivity index (χ0n) is 20.4. The lowest BCUT2D eigenvalue weighted by atomic mass is 9.55. The van der Waals surface area contributed by atoms with Gasteiger partial charge in [-0.25, -0.2) is 0 Å². The van der Waals surface area contributed by atoms with Crippen LogP contribution in [0.15, 0.2) is 54.6 Å². The maximum atomic E-state index is 12.8. The largest absolute Gasteiger partial charge is 0.490 e. The van der Waals surface area contributed by atoms with Crippen LogP contribution in [0.5, 0.6) is 5.75 Å². The van der Waals surface area contributed by atoms with Gasteiger partial charge >= 0.3 is 5.97 Å². The van der Waals surface area contributed by atoms with Gasteiger partial charge in [-0.1, -0.05) is 55.5 Å². The monoisotopic (exact) mass is 463 g/mol. The molecule has 0 bridgehead atoms. The lowest BCUT2D eigenvalue weighted by Crippen LogP contribution is -2.46. The van der Waals surface area contributed by atoms with E-state index in [9.17, 15) is 9.90 Å². The first-order chi connectivity index (χ1) is 16.3. The Labute approximate surface area is 202 Å². The van der Waals surface area contributed by atoms with Gasteiger partial charge in [0.15, 0.2) is 0 Å². The molecule has 1 aliphatic heterocycles. The number of hydrogen-bond acceptors (Lipinski definition) is 5. The van der Waals surface area contributed by atoms with Crippen molar-refractivity contribution in [3.63, 3.8) is 0 Å². The van der Waals surface area contributed by atoms with E-state index in [-0.39, 0.29) is 35.9 Å². The Morgan fingerprint density at radius 2 is 2.06 bits per heavy atom. The summed E-state index contributed by atoms with van der Waals surface area (Å²) in [6.07, 6.45) is 4.83. The summed E-state index contributed by atoms with van der Waals surface area (Å²) in [6, 6.07) is 14.0. The molecular weight excluding hydrogens is 426 g/mol. The van der Waals surface area contributed by atoms with Crippen LogP contribution in [0, 0.1) is 23.2 Å². The maximum absolute atomic E-state index is 12.8. The highest BCUT2D eigenvalue weighted by Gasteiger charge is 2.55. The summed E-state index contributed by atoms with van der Waals surface area (Å²) < 4.78 is 11.9. The van der Waals surface area contributed by atoms with E-state index < -0.39 is 6.10 Å². The van der Waals surface area contributed by atoms with E-state index in [1.54, 1.807) is 0 Å². The van der Waals surface area contributed by atoms with Crippen molar-refractivity contribution < 1.29 is 19.4 Å². The molecule has 1 N–H and O–H groups in total. The van der Waals surface area contributed by atoms with Crippen LogP contribution in [0.2, 0.25) is 0 Å². The predicted molar refractivity (Wildman–Crippen MR) is 134 cm³/mol. The molecule has 5 nitrogen and oxygen atoms in total. The smallest absolute Gasteiger partial charge is 0.310 e. The molecule has 0 spiro atoms. The number of likely N-dealkylation sites (N-methyl/N-ethyl adjacent to an activating group) is 1. The van der Waals surface area contributed by atoms with Crippen molar-refractivity contribution in [2.24, 2.45) is 23.2 Å². The highest BCUT2D eigenvalue weighted by atomic mass is 16.6. The van der Waals surface area contributed by atoms with Crippen LogP contribution in [-0.4, -0.2) is 54.9 Å². The van der Waals surface area contributed by atoms with Gasteiger partial charge in [-0.15, -0.1) is 0 Å². The summed E-state index contributed by atoms with van der Waals surface area (Å²) in [4.78, 5) is 14.9. The van der Waals surface area contributed by atoms with E-state index in [4.69, 9.17) is 9.47 Å². The molecule has 5 heteroatoms. The number of hydrogen-bond donors (Lipinski definition) is 1. The second-order valence-corrected chi connectivity index (χ2v) is 11.1. The first-order valence-corrected chi connectivity index (χ1v) is 12.7. The van der Waals surface area contributed by atoms with Crippen molar-refractivity contribution in [3.8, 4) is 5.75 Å². The molecule has 3 aliphatic rings. The third-order valence-electron chi connectivity index (χ3n) is 8.53. The maximum Gasteiger partial charge on any atom is 0.310 e. The Hall–Kier alpha value is -2.37. The lowest BCUT2D eigenvalue weighted by Gasteiger charge is -2.50. The number of fused-ring (bicyclic) bond motifs is 3. The molecule has 0 radical (unpaired) electrons. The molecular formula is C29H37NO4. The summed E-state index contributed by atoms with van der Waals surface area (Å²) in [7, 11) is 1.97. The van der Waals surface area contributed by atoms with Crippen LogP contribution < -0.4 is 4.74 Å². The van der Waals surface area contributed by atoms with Gasteiger partial charge in [0, 0.05) is 24.4 Å². The number of aliphatic hydroxyl groups is 1. The van der Waals surface area contributed by atoms with Gasteiger partial charge < -0.3 is 19.5 Å². The minimum absolute atomic E-state index is 0.0256. The molecule has 2 saturated carbocycles. The number of aliphatic hydroxyl groups excluding tert-OH is 1. The predicted octanol–water partition coefficient (Wildman–Crippen LogP) is 4.83. The van der Waals surface area contributed by atoms with E-state index in [1.807, 2.05) is 37.4 Å². The first kappa shape index (κ1) is 23.4. The topological polar surface area (TPSA) is 59.0 Å². The molecule has 1 saturated heterocycles. The average molecular weight is 464 g/mol. The molecule has 5 rings (SSSR count). The van der Waals surface area contributed by atoms with E-state index >= 15 is 0 Å². The molecule has 3 fully saturated rings. The second-order valence-electron chi connectivity index (χ2n) is 11.1. The van der Waals surface area contributed by atoms with Crippen molar-refractivity contribution in [2.45, 2.75) is 51.2 Å². The van der Waals surface area contributed by atoms with E-state index in [1.165, 1.54) is 18.4 Å². The second kappa shape index (κ2) is 9.35. The number of rotatable bonds is 7. The third kappa shape index (κ3) is 4.48. The zero-order chi connectivity index (χ0) is 23.9. The Morgan fingerprint density at radius 3 is 2.91 bits per heavy atom. The fourth-order valence-corrected chi connectivity index (χ4v) is 6.80. The van der Waals surface area contributed by atoms with Crippen LogP contribution in [0.3, 0.4) is 0 Å². The molecule has 0 unspecified atom stereocenters. The van der Waals surface area contributed by atoms with Crippen LogP contribution >= 0.6 is 0 Å². The van der Waals surface area contributed by atoms with Gasteiger partial charge in [0.05, 0.1) is 5.92 Å². The van der Waals surface area contributed by atoms with Crippen molar-refractivity contribution in [1.82, 2.24) is 4.90 Å². The van der Waals surface area contributed by atoms with Crippen LogP contribution in [0.1, 0.15) is 39.0 Å². The molecule has 6 atom stereocenters. The number of ether oxygens (including phenoxy) is 2. The van der Waals surface area contributed by atoms with Gasteiger partial charge in [0.25, 0.3) is 0 Å². The van der Waals surface area contributed by atoms with Gasteiger partial charge in [0.2, 0.25) is 0 Å². The number of benzene rings is 2. The van der Waals surface area contributed by atoms with Crippen molar-refractivity contribution in [3.05, 3.63) is 54.6 Å². The van der Waals surface area contributed by atoms with Crippen LogP contribution in [0.25, 0.3) is 10.8 Å². The molecule has 1 heterocycles. The van der Waals surface area contributed by atoms with Crippen LogP contribution in [-0.2, 0) is 9.53 Å².